The van der Waals surface area contributed by atoms with E-state index in [-0.39, 0.29) is 11.1 Å². The Bertz CT molecular complexity index is 891. The molecule has 0 bridgehead atoms. The van der Waals surface area contributed by atoms with Crippen molar-refractivity contribution in [3.8, 4) is 0 Å². The molecule has 9 heteroatoms. The summed E-state index contributed by atoms with van der Waals surface area (Å²) in [4.78, 5) is 7.55. The van der Waals surface area contributed by atoms with Crippen molar-refractivity contribution < 1.29 is 9.84 Å². The zero-order valence-electron chi connectivity index (χ0n) is 18.6. The van der Waals surface area contributed by atoms with Crippen molar-refractivity contribution >= 4 is 32.9 Å². The molecule has 31 heavy (non-hydrogen) atoms. The molecule has 0 saturated carbocycles. The van der Waals surface area contributed by atoms with Gasteiger partial charge in [0, 0.05) is 63.0 Å². The molecule has 0 aliphatic carbocycles. The number of para-hydroxylation sites is 1. The molecule has 0 spiro atoms. The maximum atomic E-state index is 10.9. The van der Waals surface area contributed by atoms with Crippen LogP contribution in [0, 0.1) is 10.8 Å². The monoisotopic (exact) mass is 446 g/mol. The number of piperazine rings is 1. The summed E-state index contributed by atoms with van der Waals surface area (Å²) in [7, 11) is 1.70. The maximum absolute atomic E-state index is 10.9. The topological polar surface area (TPSA) is 111 Å². The average Bonchev–Trinajstić information content (AvgIpc) is 3.15. The highest BCUT2D eigenvalue weighted by Crippen LogP contribution is 2.22. The van der Waals surface area contributed by atoms with E-state index in [0.717, 1.165) is 56.4 Å². The molecule has 2 unspecified atom stereocenters. The van der Waals surface area contributed by atoms with Gasteiger partial charge in [-0.05, 0) is 43.7 Å². The van der Waals surface area contributed by atoms with E-state index < -0.39 is 5.72 Å². The van der Waals surface area contributed by atoms with Gasteiger partial charge in [0.15, 0.2) is 10.9 Å². The van der Waals surface area contributed by atoms with Crippen molar-refractivity contribution in [2.45, 2.75) is 32.0 Å². The number of methoxy groups -OCH3 is 1. The smallest absolute Gasteiger partial charge is 0.162 e. The standard InChI is InChI=1S/C22H34N6O2S/c1-16(14-17-15-25-19-7-5-4-6-18(17)19)26-22(2,29)20(23)31-21(24)28-10-8-27(9-11-28)12-13-30-3/h4-7,15-16,23-26,29H,8-14H2,1-3H3. The van der Waals surface area contributed by atoms with E-state index >= 15 is 0 Å². The molecule has 1 aromatic carbocycles. The highest BCUT2D eigenvalue weighted by atomic mass is 32.2. The molecule has 1 aliphatic rings. The summed E-state index contributed by atoms with van der Waals surface area (Å²) >= 11 is 1.02. The number of amidine groups is 1. The van der Waals surface area contributed by atoms with Crippen LogP contribution in [0.3, 0.4) is 0 Å². The number of ether oxygens (including phenoxy) is 1. The minimum absolute atomic E-state index is 0.0325. The van der Waals surface area contributed by atoms with E-state index in [9.17, 15) is 5.11 Å². The quantitative estimate of drug-likeness (QED) is 0.242. The van der Waals surface area contributed by atoms with Crippen molar-refractivity contribution in [1.29, 1.82) is 10.8 Å². The van der Waals surface area contributed by atoms with Crippen LogP contribution in [0.1, 0.15) is 19.4 Å². The van der Waals surface area contributed by atoms with E-state index in [0.29, 0.717) is 11.8 Å². The molecular formula is C22H34N6O2S. The number of hydrogen-bond donors (Lipinski definition) is 5. The number of nitrogens with one attached hydrogen (secondary N) is 4. The van der Waals surface area contributed by atoms with Crippen molar-refractivity contribution in [1.82, 2.24) is 20.1 Å². The second-order valence-electron chi connectivity index (χ2n) is 8.24. The second-order valence-corrected chi connectivity index (χ2v) is 9.24. The Balaban J connectivity index is 1.49. The largest absolute Gasteiger partial charge is 0.383 e. The lowest BCUT2D eigenvalue weighted by molar-refractivity contribution is 0.0853. The molecular weight excluding hydrogens is 412 g/mol. The Labute approximate surface area is 188 Å². The lowest BCUT2D eigenvalue weighted by Gasteiger charge is -2.36. The fourth-order valence-electron chi connectivity index (χ4n) is 3.88. The highest BCUT2D eigenvalue weighted by Gasteiger charge is 2.31. The average molecular weight is 447 g/mol. The molecule has 5 N–H and O–H groups in total. The molecule has 2 atom stereocenters. The van der Waals surface area contributed by atoms with Crippen LogP contribution in [-0.2, 0) is 11.2 Å². The predicted octanol–water partition coefficient (Wildman–Crippen LogP) is 2.31. The molecule has 1 aliphatic heterocycles. The van der Waals surface area contributed by atoms with Crippen molar-refractivity contribution in [3.05, 3.63) is 36.0 Å². The SMILES string of the molecule is COCCN1CCN(C(=N)SC(=N)C(C)(O)NC(C)Cc2c[nH]c3ccccc23)CC1. The van der Waals surface area contributed by atoms with E-state index in [1.807, 2.05) is 36.2 Å². The predicted molar refractivity (Wildman–Crippen MR) is 128 cm³/mol. The fraction of sp³-hybridized carbons (Fsp3) is 0.545. The Morgan fingerprint density at radius 3 is 2.71 bits per heavy atom. The van der Waals surface area contributed by atoms with Crippen LogP contribution in [0.15, 0.2) is 30.5 Å². The number of H-pyrrole nitrogens is 1. The fourth-order valence-corrected chi connectivity index (χ4v) is 4.64. The van der Waals surface area contributed by atoms with E-state index in [1.54, 1.807) is 14.0 Å². The molecule has 0 radical (unpaired) electrons. The van der Waals surface area contributed by atoms with Crippen LogP contribution in [0.2, 0.25) is 0 Å². The van der Waals surface area contributed by atoms with Gasteiger partial charge in [0.2, 0.25) is 0 Å². The number of aliphatic hydroxyl groups is 1. The summed E-state index contributed by atoms with van der Waals surface area (Å²) in [6, 6.07) is 8.10. The lowest BCUT2D eigenvalue weighted by Crippen LogP contribution is -2.53. The minimum Gasteiger partial charge on any atom is -0.383 e. The number of nitrogens with zero attached hydrogens (tertiary/aromatic N) is 2. The Kier molecular flexibility index (Phi) is 8.12. The maximum Gasteiger partial charge on any atom is 0.162 e. The van der Waals surface area contributed by atoms with Crippen LogP contribution in [0.4, 0.5) is 0 Å². The second kappa shape index (κ2) is 10.6. The third-order valence-corrected chi connectivity index (χ3v) is 6.69. The summed E-state index contributed by atoms with van der Waals surface area (Å²) in [6.45, 7) is 8.43. The van der Waals surface area contributed by atoms with Crippen molar-refractivity contribution in [2.75, 3.05) is 46.4 Å². The molecule has 3 rings (SSSR count). The van der Waals surface area contributed by atoms with Gasteiger partial charge in [0.05, 0.1) is 6.61 Å². The van der Waals surface area contributed by atoms with Crippen molar-refractivity contribution in [3.63, 3.8) is 0 Å². The Hall–Kier alpha value is -1.91. The number of benzene rings is 1. The first kappa shape index (κ1) is 23.7. The van der Waals surface area contributed by atoms with Gasteiger partial charge in [-0.25, -0.2) is 0 Å². The van der Waals surface area contributed by atoms with Gasteiger partial charge in [-0.2, -0.15) is 0 Å². The van der Waals surface area contributed by atoms with Gasteiger partial charge in [0.25, 0.3) is 0 Å². The van der Waals surface area contributed by atoms with Gasteiger partial charge < -0.3 is 19.7 Å². The molecule has 170 valence electrons. The first-order valence-electron chi connectivity index (χ1n) is 10.7. The minimum atomic E-state index is -1.50. The number of thioether (sulfide) groups is 1. The Morgan fingerprint density at radius 1 is 1.29 bits per heavy atom. The number of aromatic amines is 1. The third kappa shape index (κ3) is 6.30. The third-order valence-electron chi connectivity index (χ3n) is 5.64. The molecule has 2 heterocycles. The molecule has 2 aromatic rings. The van der Waals surface area contributed by atoms with Crippen LogP contribution in [0.25, 0.3) is 10.9 Å². The van der Waals surface area contributed by atoms with Gasteiger partial charge >= 0.3 is 0 Å². The van der Waals surface area contributed by atoms with Crippen LogP contribution in [-0.4, -0.2) is 88.3 Å². The zero-order valence-corrected chi connectivity index (χ0v) is 19.4. The van der Waals surface area contributed by atoms with E-state index in [4.69, 9.17) is 15.6 Å². The lowest BCUT2D eigenvalue weighted by atomic mass is 10.1. The first-order valence-corrected chi connectivity index (χ1v) is 11.5. The van der Waals surface area contributed by atoms with Gasteiger partial charge in [-0.15, -0.1) is 0 Å². The highest BCUT2D eigenvalue weighted by molar-refractivity contribution is 8.26. The van der Waals surface area contributed by atoms with E-state index in [2.05, 4.69) is 21.3 Å². The summed E-state index contributed by atoms with van der Waals surface area (Å²) in [6.07, 6.45) is 2.72. The van der Waals surface area contributed by atoms with Crippen molar-refractivity contribution in [2.24, 2.45) is 0 Å². The first-order chi connectivity index (χ1) is 14.8. The van der Waals surface area contributed by atoms with Gasteiger partial charge in [-0.1, -0.05) is 18.2 Å². The normalized spacial score (nSPS) is 18.1. The molecule has 0 amide bonds. The number of fused-ring (bicyclic) bond motifs is 1. The van der Waals surface area contributed by atoms with Crippen LogP contribution in [0.5, 0.6) is 0 Å². The van der Waals surface area contributed by atoms with Crippen LogP contribution >= 0.6 is 11.8 Å². The molecule has 1 aromatic heterocycles. The number of hydrogen-bond acceptors (Lipinski definition) is 7. The molecule has 1 fully saturated rings. The summed E-state index contributed by atoms with van der Waals surface area (Å²) < 4.78 is 5.13. The van der Waals surface area contributed by atoms with Gasteiger partial charge in [-0.3, -0.25) is 21.0 Å². The number of aromatic nitrogens is 1. The number of rotatable bonds is 8. The van der Waals surface area contributed by atoms with Gasteiger partial charge in [0.1, 0.15) is 5.04 Å². The Morgan fingerprint density at radius 2 is 2.00 bits per heavy atom. The molecule has 8 nitrogen and oxygen atoms in total. The van der Waals surface area contributed by atoms with E-state index in [1.165, 1.54) is 10.9 Å². The zero-order chi connectivity index (χ0) is 22.4. The summed E-state index contributed by atoms with van der Waals surface area (Å²) in [5.74, 6) is 0. The summed E-state index contributed by atoms with van der Waals surface area (Å²) in [5, 5.41) is 32.3. The summed E-state index contributed by atoms with van der Waals surface area (Å²) in [5.41, 5.74) is 0.767. The van der Waals surface area contributed by atoms with Crippen LogP contribution < -0.4 is 5.32 Å². The molecule has 1 saturated heterocycles.